The third-order valence-corrected chi connectivity index (χ3v) is 3.97. The van der Waals surface area contributed by atoms with Crippen molar-refractivity contribution in [2.45, 2.75) is 31.1 Å². The van der Waals surface area contributed by atoms with Crippen molar-refractivity contribution < 1.29 is 71.7 Å². The van der Waals surface area contributed by atoms with Crippen molar-refractivity contribution in [3.8, 4) is 11.5 Å². The van der Waals surface area contributed by atoms with Crippen molar-refractivity contribution in [1.82, 2.24) is 0 Å². The first-order chi connectivity index (χ1) is 15.7. The van der Waals surface area contributed by atoms with Gasteiger partial charge in [-0.1, -0.05) is 12.1 Å². The fourth-order valence-corrected chi connectivity index (χ4v) is 2.60. The van der Waals surface area contributed by atoms with Crippen molar-refractivity contribution in [2.24, 2.45) is 0 Å². The van der Waals surface area contributed by atoms with Crippen molar-refractivity contribution in [3.05, 3.63) is 58.7 Å². The molecule has 4 nitrogen and oxygen atoms in total. The lowest BCUT2D eigenvalue weighted by molar-refractivity contribution is -0.150. The van der Waals surface area contributed by atoms with E-state index in [1.54, 1.807) is 0 Å². The molecule has 0 aliphatic heterocycles. The lowest BCUT2D eigenvalue weighted by atomic mass is 10.1. The largest absolute Gasteiger partial charge is 0.425 e. The highest BCUT2D eigenvalue weighted by atomic mass is 19.4. The Morgan fingerprint density at radius 3 is 0.943 bits per heavy atom. The summed E-state index contributed by atoms with van der Waals surface area (Å²) in [5, 5.41) is 0. The molecule has 0 aromatic heterocycles. The van der Waals surface area contributed by atoms with Gasteiger partial charge in [-0.05, 0) is 24.3 Å². The Morgan fingerprint density at radius 1 is 0.514 bits per heavy atom. The molecular formula is C19H8F12O4. The molecule has 35 heavy (non-hydrogen) atoms. The first-order valence-electron chi connectivity index (χ1n) is 8.69. The van der Waals surface area contributed by atoms with Crippen LogP contribution in [0.1, 0.15) is 28.7 Å². The zero-order valence-corrected chi connectivity index (χ0v) is 16.3. The molecule has 0 aliphatic carbocycles. The van der Waals surface area contributed by atoms with Gasteiger partial charge in [-0.25, -0.2) is 0 Å². The minimum atomic E-state index is -5.48. The van der Waals surface area contributed by atoms with Crippen molar-refractivity contribution in [2.75, 3.05) is 0 Å². The predicted octanol–water partition coefficient (Wildman–Crippen LogP) is 6.66. The van der Waals surface area contributed by atoms with Gasteiger partial charge in [-0.15, -0.1) is 0 Å². The zero-order chi connectivity index (χ0) is 27.0. The lowest BCUT2D eigenvalue weighted by Crippen LogP contribution is -2.23. The monoisotopic (exact) mass is 528 g/mol. The van der Waals surface area contributed by atoms with Crippen molar-refractivity contribution in [1.29, 1.82) is 0 Å². The number of rotatable bonds is 4. The molecule has 192 valence electrons. The summed E-state index contributed by atoms with van der Waals surface area (Å²) in [7, 11) is 0. The van der Waals surface area contributed by atoms with E-state index in [0.717, 1.165) is 0 Å². The molecule has 0 unspecified atom stereocenters. The summed E-state index contributed by atoms with van der Waals surface area (Å²) in [4.78, 5) is 23.7. The Hall–Kier alpha value is -3.46. The highest BCUT2D eigenvalue weighted by Crippen LogP contribution is 2.45. The molecule has 0 atom stereocenters. The second-order valence-electron chi connectivity index (χ2n) is 6.48. The summed E-state index contributed by atoms with van der Waals surface area (Å²) in [6.45, 7) is 0. The maximum Gasteiger partial charge on any atom is 0.420 e. The van der Waals surface area contributed by atoms with Crippen LogP contribution in [0.2, 0.25) is 0 Å². The maximum atomic E-state index is 13.1. The van der Waals surface area contributed by atoms with Gasteiger partial charge < -0.3 is 9.47 Å². The molecule has 0 aliphatic rings. The van der Waals surface area contributed by atoms with E-state index in [-0.39, 0.29) is 24.3 Å². The van der Waals surface area contributed by atoms with Crippen LogP contribution in [0.3, 0.4) is 0 Å². The van der Waals surface area contributed by atoms with Gasteiger partial charge in [-0.2, -0.15) is 52.7 Å². The van der Waals surface area contributed by atoms with Gasteiger partial charge in [0.1, 0.15) is 6.42 Å². The SMILES string of the molecule is O=C(CC(=O)Oc1c(C(F)(F)F)cccc1C(F)(F)F)Oc1c(C(F)(F)F)cccc1C(F)(F)F. The van der Waals surface area contributed by atoms with Crippen LogP contribution in [0, 0.1) is 0 Å². The lowest BCUT2D eigenvalue weighted by Gasteiger charge is -2.19. The van der Waals surface area contributed by atoms with E-state index in [1.807, 2.05) is 0 Å². The predicted molar refractivity (Wildman–Crippen MR) is 88.8 cm³/mol. The van der Waals surface area contributed by atoms with Gasteiger partial charge in [0.2, 0.25) is 0 Å². The molecule has 2 rings (SSSR count). The summed E-state index contributed by atoms with van der Waals surface area (Å²) < 4.78 is 165. The molecular weight excluding hydrogens is 520 g/mol. The number of benzene rings is 2. The Labute approximate surface area is 186 Å². The summed E-state index contributed by atoms with van der Waals surface area (Å²) in [5.41, 5.74) is -8.35. The number of carbonyl (C=O) groups is 2. The van der Waals surface area contributed by atoms with Crippen LogP contribution in [0.5, 0.6) is 11.5 Å². The van der Waals surface area contributed by atoms with Gasteiger partial charge in [0, 0.05) is 0 Å². The second kappa shape index (κ2) is 9.30. The molecule has 0 spiro atoms. The minimum Gasteiger partial charge on any atom is -0.425 e. The summed E-state index contributed by atoms with van der Waals surface area (Å²) in [5.74, 6) is -8.51. The second-order valence-corrected chi connectivity index (χ2v) is 6.48. The standard InChI is InChI=1S/C19H8F12O4/c20-16(21,22)8-3-1-4-9(17(23,24)25)14(8)34-12(32)7-13(33)35-15-10(18(26,27)28)5-2-6-11(15)19(29,30)31/h1-6H,7H2. The van der Waals surface area contributed by atoms with Crippen LogP contribution < -0.4 is 9.47 Å². The molecule has 0 amide bonds. The van der Waals surface area contributed by atoms with Gasteiger partial charge in [0.05, 0.1) is 22.3 Å². The molecule has 0 heterocycles. The Kier molecular flexibility index (Phi) is 7.38. The molecule has 0 saturated heterocycles. The van der Waals surface area contributed by atoms with Gasteiger partial charge in [0.15, 0.2) is 11.5 Å². The van der Waals surface area contributed by atoms with Gasteiger partial charge >= 0.3 is 36.6 Å². The van der Waals surface area contributed by atoms with E-state index < -0.39 is 76.8 Å². The van der Waals surface area contributed by atoms with E-state index >= 15 is 0 Å². The fraction of sp³-hybridized carbons (Fsp3) is 0.263. The highest BCUT2D eigenvalue weighted by Gasteiger charge is 2.44. The number of halogens is 12. The molecule has 0 saturated carbocycles. The van der Waals surface area contributed by atoms with Gasteiger partial charge in [-0.3, -0.25) is 9.59 Å². The maximum absolute atomic E-state index is 13.1. The summed E-state index contributed by atoms with van der Waals surface area (Å²) >= 11 is 0. The number of hydrogen-bond acceptors (Lipinski definition) is 4. The fourth-order valence-electron chi connectivity index (χ4n) is 2.60. The van der Waals surface area contributed by atoms with E-state index in [1.165, 1.54) is 0 Å². The van der Waals surface area contributed by atoms with E-state index in [2.05, 4.69) is 9.47 Å². The summed E-state index contributed by atoms with van der Waals surface area (Å²) in [6, 6.07) is 1.08. The molecule has 0 fully saturated rings. The van der Waals surface area contributed by atoms with E-state index in [4.69, 9.17) is 0 Å². The third kappa shape index (κ3) is 6.79. The quantitative estimate of drug-likeness (QED) is 0.193. The number of hydrogen-bond donors (Lipinski definition) is 0. The first-order valence-corrected chi connectivity index (χ1v) is 8.69. The van der Waals surface area contributed by atoms with Crippen LogP contribution in [0.25, 0.3) is 0 Å². The molecule has 0 bridgehead atoms. The third-order valence-electron chi connectivity index (χ3n) is 3.97. The first kappa shape index (κ1) is 27.8. The molecule has 2 aromatic rings. The number of para-hydroxylation sites is 2. The molecule has 2 aromatic carbocycles. The van der Waals surface area contributed by atoms with E-state index in [0.29, 0.717) is 12.1 Å². The van der Waals surface area contributed by atoms with Crippen molar-refractivity contribution in [3.63, 3.8) is 0 Å². The van der Waals surface area contributed by atoms with E-state index in [9.17, 15) is 62.3 Å². The molecule has 0 N–H and O–H groups in total. The summed E-state index contributed by atoms with van der Waals surface area (Å²) in [6.07, 6.45) is -23.9. The van der Waals surface area contributed by atoms with Crippen molar-refractivity contribution >= 4 is 11.9 Å². The van der Waals surface area contributed by atoms with Gasteiger partial charge in [0.25, 0.3) is 0 Å². The number of alkyl halides is 12. The smallest absolute Gasteiger partial charge is 0.420 e. The Bertz CT molecular complexity index is 959. The average molecular weight is 528 g/mol. The van der Waals surface area contributed by atoms with Crippen LogP contribution in [-0.4, -0.2) is 11.9 Å². The van der Waals surface area contributed by atoms with Crippen LogP contribution >= 0.6 is 0 Å². The van der Waals surface area contributed by atoms with Crippen LogP contribution in [0.4, 0.5) is 52.7 Å². The molecule has 0 radical (unpaired) electrons. The highest BCUT2D eigenvalue weighted by molar-refractivity contribution is 5.93. The Morgan fingerprint density at radius 2 is 0.743 bits per heavy atom. The number of ether oxygens (including phenoxy) is 2. The zero-order valence-electron chi connectivity index (χ0n) is 16.3. The number of esters is 2. The molecule has 16 heteroatoms. The average Bonchev–Trinajstić information content (AvgIpc) is 2.64. The minimum absolute atomic E-state index is 0.103. The van der Waals surface area contributed by atoms with Crippen LogP contribution in [0.15, 0.2) is 36.4 Å². The Balaban J connectivity index is 2.38. The topological polar surface area (TPSA) is 52.6 Å². The normalized spacial score (nSPS) is 12.9. The van der Waals surface area contributed by atoms with Crippen LogP contribution in [-0.2, 0) is 34.3 Å². The number of carbonyl (C=O) groups excluding carboxylic acids is 2.